The fourth-order valence-electron chi connectivity index (χ4n) is 5.66. The van der Waals surface area contributed by atoms with Gasteiger partial charge in [0, 0.05) is 19.3 Å². The normalized spacial score (nSPS) is 13.8. The maximum Gasteiger partial charge on any atom is 0.306 e. The van der Waals surface area contributed by atoms with Gasteiger partial charge in [-0.15, -0.1) is 0 Å². The summed E-state index contributed by atoms with van der Waals surface area (Å²) in [6, 6.07) is -0.738. The number of likely N-dealkylation sites (N-methyl/N-ethyl adjacent to an activating group) is 1. The van der Waals surface area contributed by atoms with Crippen LogP contribution in [-0.4, -0.2) is 75.5 Å². The summed E-state index contributed by atoms with van der Waals surface area (Å²) in [7, 11) is 5.38. The molecule has 0 aliphatic heterocycles. The minimum absolute atomic E-state index is 0.0173. The molecule has 8 nitrogen and oxygen atoms in total. The Morgan fingerprint density at radius 3 is 1.50 bits per heavy atom. The van der Waals surface area contributed by atoms with Gasteiger partial charge in [-0.1, -0.05) is 131 Å². The Balaban J connectivity index is 4.46. The van der Waals surface area contributed by atoms with E-state index in [0.29, 0.717) is 12.8 Å². The van der Waals surface area contributed by atoms with E-state index in [0.717, 1.165) is 103 Å². The van der Waals surface area contributed by atoms with E-state index in [1.54, 1.807) is 21.1 Å². The van der Waals surface area contributed by atoms with Crippen LogP contribution >= 0.6 is 0 Å². The van der Waals surface area contributed by atoms with E-state index in [-0.39, 0.29) is 49.1 Å². The molecule has 0 aromatic heterocycles. The fourth-order valence-corrected chi connectivity index (χ4v) is 5.66. The number of hydrogen-bond donors (Lipinski definition) is 0. The second kappa shape index (κ2) is 38.4. The van der Waals surface area contributed by atoms with Crippen molar-refractivity contribution < 1.29 is 38.2 Å². The Bertz CT molecular complexity index is 1190. The molecule has 2 unspecified atom stereocenters. The molecule has 318 valence electrons. The first kappa shape index (κ1) is 52.5. The summed E-state index contributed by atoms with van der Waals surface area (Å²) in [5.41, 5.74) is 0. The first-order chi connectivity index (χ1) is 27.1. The van der Waals surface area contributed by atoms with Crippen molar-refractivity contribution in [1.82, 2.24) is 0 Å². The van der Waals surface area contributed by atoms with Gasteiger partial charge in [-0.25, -0.2) is 0 Å². The molecule has 2 atom stereocenters. The van der Waals surface area contributed by atoms with Crippen molar-refractivity contribution in [2.75, 3.05) is 41.0 Å². The third-order valence-corrected chi connectivity index (χ3v) is 9.00. The number of carbonyl (C=O) groups excluding carboxylic acids is 3. The number of aliphatic carboxylic acids is 1. The number of nitrogens with zero attached hydrogens (tertiary/aromatic N) is 1. The van der Waals surface area contributed by atoms with Gasteiger partial charge in [0.15, 0.2) is 6.10 Å². The van der Waals surface area contributed by atoms with E-state index in [9.17, 15) is 19.5 Å². The number of carbonyl (C=O) groups is 3. The molecule has 56 heavy (non-hydrogen) atoms. The van der Waals surface area contributed by atoms with Crippen LogP contribution in [0, 0.1) is 0 Å². The van der Waals surface area contributed by atoms with Gasteiger partial charge in [0.2, 0.25) is 0 Å². The van der Waals surface area contributed by atoms with Gasteiger partial charge in [0.05, 0.1) is 40.3 Å². The van der Waals surface area contributed by atoms with Crippen LogP contribution in [0.25, 0.3) is 0 Å². The van der Waals surface area contributed by atoms with Crippen molar-refractivity contribution in [3.05, 3.63) is 85.1 Å². The highest BCUT2D eigenvalue weighted by molar-refractivity contribution is 5.70. The Labute approximate surface area is 342 Å². The van der Waals surface area contributed by atoms with Crippen LogP contribution in [0.1, 0.15) is 149 Å². The molecule has 0 aliphatic rings. The molecular weight excluding hydrogens is 703 g/mol. The predicted molar refractivity (Wildman–Crippen MR) is 231 cm³/mol. The molecule has 0 aromatic rings. The van der Waals surface area contributed by atoms with E-state index in [2.05, 4.69) is 98.9 Å². The van der Waals surface area contributed by atoms with Gasteiger partial charge in [-0.05, 0) is 83.5 Å². The lowest BCUT2D eigenvalue weighted by molar-refractivity contribution is -0.889. The summed E-state index contributed by atoms with van der Waals surface area (Å²) in [6.07, 6.45) is 48.9. The molecule has 0 radical (unpaired) electrons. The van der Waals surface area contributed by atoms with Crippen molar-refractivity contribution in [3.63, 3.8) is 0 Å². The minimum Gasteiger partial charge on any atom is -0.544 e. The zero-order valence-corrected chi connectivity index (χ0v) is 36.0. The van der Waals surface area contributed by atoms with Crippen LogP contribution in [0.5, 0.6) is 0 Å². The molecule has 0 amide bonds. The van der Waals surface area contributed by atoms with Crippen LogP contribution in [0.2, 0.25) is 0 Å². The maximum atomic E-state index is 12.7. The summed E-state index contributed by atoms with van der Waals surface area (Å²) < 4.78 is 17.1. The average molecular weight is 782 g/mol. The molecule has 0 heterocycles. The highest BCUT2D eigenvalue weighted by atomic mass is 16.6. The highest BCUT2D eigenvalue weighted by Crippen LogP contribution is 2.12. The second-order valence-electron chi connectivity index (χ2n) is 15.2. The van der Waals surface area contributed by atoms with Gasteiger partial charge < -0.3 is 28.6 Å². The lowest BCUT2D eigenvalue weighted by Crippen LogP contribution is -2.55. The van der Waals surface area contributed by atoms with Crippen molar-refractivity contribution in [3.8, 4) is 0 Å². The third-order valence-electron chi connectivity index (χ3n) is 9.00. The van der Waals surface area contributed by atoms with Gasteiger partial charge in [0.25, 0.3) is 0 Å². The standard InChI is InChI=1S/C48H79NO7/c1-6-8-10-12-14-16-18-20-21-22-23-24-25-27-29-31-33-35-37-39-47(51)56-44(42-54-41-40-45(48(52)53)49(3,4)5)43-55-46(50)38-36-34-32-30-28-26-19-17-15-13-11-9-7-2/h8,10-11,13-14,16-17,19-21,23-24,27,29,44-45H,6-7,9,12,15,18,22,25-26,28,30-43H2,1-5H3/b10-8-,13-11-,16-14-,19-17-,21-20-,24-23-,29-27-. The van der Waals surface area contributed by atoms with Crippen LogP contribution < -0.4 is 5.11 Å². The predicted octanol–water partition coefficient (Wildman–Crippen LogP) is 10.4. The summed E-state index contributed by atoms with van der Waals surface area (Å²) in [4.78, 5) is 36.8. The van der Waals surface area contributed by atoms with Crippen LogP contribution in [0.3, 0.4) is 0 Å². The Kier molecular flexibility index (Phi) is 36.0. The van der Waals surface area contributed by atoms with Crippen molar-refractivity contribution in [1.29, 1.82) is 0 Å². The Hall–Kier alpha value is -3.49. The zero-order valence-electron chi connectivity index (χ0n) is 36.0. The van der Waals surface area contributed by atoms with Crippen molar-refractivity contribution >= 4 is 17.9 Å². The number of quaternary nitrogens is 1. The highest BCUT2D eigenvalue weighted by Gasteiger charge is 2.25. The number of allylic oxidation sites excluding steroid dienone is 14. The second-order valence-corrected chi connectivity index (χ2v) is 15.2. The number of hydrogen-bond acceptors (Lipinski definition) is 7. The molecular formula is C48H79NO7. The van der Waals surface area contributed by atoms with Crippen molar-refractivity contribution in [2.24, 2.45) is 0 Å². The number of carboxylic acid groups (broad SMARTS) is 1. The Morgan fingerprint density at radius 1 is 0.554 bits per heavy atom. The SMILES string of the molecule is CC/C=C\C/C=C\C/C=C\C/C=C\C/C=C\CCCCCC(=O)OC(COCCC(C(=O)[O-])[N+](C)(C)C)COC(=O)CCCCCCC/C=C\C/C=C\CCC. The minimum atomic E-state index is -1.14. The largest absolute Gasteiger partial charge is 0.544 e. The van der Waals surface area contributed by atoms with Crippen molar-refractivity contribution in [2.45, 2.75) is 161 Å². The molecule has 0 N–H and O–H groups in total. The zero-order chi connectivity index (χ0) is 41.4. The van der Waals surface area contributed by atoms with Crippen LogP contribution in [0.15, 0.2) is 85.1 Å². The fraction of sp³-hybridized carbons (Fsp3) is 0.646. The molecule has 0 saturated heterocycles. The van der Waals surface area contributed by atoms with Crippen LogP contribution in [-0.2, 0) is 28.6 Å². The molecule has 0 saturated carbocycles. The van der Waals surface area contributed by atoms with Crippen LogP contribution in [0.4, 0.5) is 0 Å². The molecule has 0 bridgehead atoms. The van der Waals surface area contributed by atoms with E-state index in [1.807, 2.05) is 0 Å². The van der Waals surface area contributed by atoms with E-state index < -0.39 is 18.1 Å². The van der Waals surface area contributed by atoms with Gasteiger partial charge >= 0.3 is 11.9 Å². The van der Waals surface area contributed by atoms with E-state index in [4.69, 9.17) is 14.2 Å². The monoisotopic (exact) mass is 782 g/mol. The van der Waals surface area contributed by atoms with Gasteiger partial charge in [-0.3, -0.25) is 9.59 Å². The van der Waals surface area contributed by atoms with Gasteiger partial charge in [0.1, 0.15) is 12.6 Å². The summed E-state index contributed by atoms with van der Waals surface area (Å²) in [5.74, 6) is -1.81. The molecule has 0 rings (SSSR count). The topological polar surface area (TPSA) is 102 Å². The number of rotatable bonds is 37. The third kappa shape index (κ3) is 36.2. The lowest BCUT2D eigenvalue weighted by Gasteiger charge is -2.34. The maximum absolute atomic E-state index is 12.7. The molecule has 0 fully saturated rings. The molecule has 0 aliphatic carbocycles. The van der Waals surface area contributed by atoms with E-state index >= 15 is 0 Å². The number of carboxylic acids is 1. The lowest BCUT2D eigenvalue weighted by atomic mass is 10.1. The number of unbranched alkanes of at least 4 members (excludes halogenated alkanes) is 9. The van der Waals surface area contributed by atoms with E-state index in [1.165, 1.54) is 6.42 Å². The summed E-state index contributed by atoms with van der Waals surface area (Å²) in [6.45, 7) is 4.41. The number of esters is 2. The molecule has 8 heteroatoms. The summed E-state index contributed by atoms with van der Waals surface area (Å²) in [5, 5.41) is 11.6. The average Bonchev–Trinajstić information content (AvgIpc) is 3.15. The number of ether oxygens (including phenoxy) is 3. The summed E-state index contributed by atoms with van der Waals surface area (Å²) >= 11 is 0. The smallest absolute Gasteiger partial charge is 0.306 e. The van der Waals surface area contributed by atoms with Gasteiger partial charge in [-0.2, -0.15) is 0 Å². The molecule has 0 spiro atoms. The first-order valence-electron chi connectivity index (χ1n) is 21.6. The first-order valence-corrected chi connectivity index (χ1v) is 21.6. The Morgan fingerprint density at radius 2 is 1.00 bits per heavy atom. The quantitative estimate of drug-likeness (QED) is 0.0268. The molecule has 0 aromatic carbocycles.